The zero-order valence-corrected chi connectivity index (χ0v) is 15.4. The van der Waals surface area contributed by atoms with E-state index in [-0.39, 0.29) is 29.4 Å². The third kappa shape index (κ3) is 2.64. The molecule has 5 atom stereocenters. The highest BCUT2D eigenvalue weighted by atomic mass is 32.2. The van der Waals surface area contributed by atoms with Crippen LogP contribution in [0.15, 0.2) is 40.8 Å². The second-order valence-electron chi connectivity index (χ2n) is 7.66. The Balaban J connectivity index is 1.70. The third-order valence-electron chi connectivity index (χ3n) is 6.16. The first-order valence-electron chi connectivity index (χ1n) is 8.88. The number of aryl methyl sites for hydroxylation is 1. The molecule has 2 aliphatic carbocycles. The summed E-state index contributed by atoms with van der Waals surface area (Å²) in [5.41, 5.74) is 1.56. The normalized spacial score (nSPS) is 35.3. The lowest BCUT2D eigenvalue weighted by Crippen LogP contribution is -2.54. The summed E-state index contributed by atoms with van der Waals surface area (Å²) in [4.78, 5) is 25.4. The van der Waals surface area contributed by atoms with E-state index >= 15 is 0 Å². The smallest absolute Gasteiger partial charge is 0.156 e. The first-order valence-corrected chi connectivity index (χ1v) is 10.2. The Kier molecular flexibility index (Phi) is 4.04. The fraction of sp³-hybridized carbons (Fsp3) is 0.500. The Hall–Kier alpha value is -1.59. The lowest BCUT2D eigenvalue weighted by molar-refractivity contribution is -0.123. The first kappa shape index (κ1) is 16.9. The monoisotopic (exact) mass is 357 g/mol. The second kappa shape index (κ2) is 5.99. The van der Waals surface area contributed by atoms with Crippen molar-refractivity contribution in [3.63, 3.8) is 0 Å². The van der Waals surface area contributed by atoms with Crippen molar-refractivity contribution in [2.75, 3.05) is 5.75 Å². The molecule has 0 radical (unpaired) electrons. The van der Waals surface area contributed by atoms with Gasteiger partial charge in [-0.3, -0.25) is 13.8 Å². The van der Waals surface area contributed by atoms with Crippen LogP contribution in [0.1, 0.15) is 31.7 Å². The lowest BCUT2D eigenvalue weighted by Gasteiger charge is -2.40. The molecular weight excluding hydrogens is 334 g/mol. The Morgan fingerprint density at radius 3 is 2.64 bits per heavy atom. The predicted octanol–water partition coefficient (Wildman–Crippen LogP) is 2.33. The number of allylic oxidation sites excluding steroid dienone is 1. The molecule has 2 fully saturated rings. The molecule has 1 aliphatic heterocycles. The van der Waals surface area contributed by atoms with E-state index in [4.69, 9.17) is 0 Å². The number of nitrogens with one attached hydrogen (secondary N) is 1. The summed E-state index contributed by atoms with van der Waals surface area (Å²) in [7, 11) is -1.19. The number of benzene rings is 1. The largest absolute Gasteiger partial charge is 0.303 e. The summed E-state index contributed by atoms with van der Waals surface area (Å²) in [6.07, 6.45) is 3.47. The van der Waals surface area contributed by atoms with Gasteiger partial charge in [0.2, 0.25) is 0 Å². The third-order valence-corrected chi connectivity index (χ3v) is 7.68. The van der Waals surface area contributed by atoms with Gasteiger partial charge in [-0.25, -0.2) is 0 Å². The van der Waals surface area contributed by atoms with E-state index in [1.807, 2.05) is 38.1 Å². The Labute approximate surface area is 150 Å². The lowest BCUT2D eigenvalue weighted by atomic mass is 9.70. The van der Waals surface area contributed by atoms with Crippen molar-refractivity contribution in [1.82, 2.24) is 5.32 Å². The minimum absolute atomic E-state index is 0.0700. The van der Waals surface area contributed by atoms with Gasteiger partial charge in [0.1, 0.15) is 5.78 Å². The van der Waals surface area contributed by atoms with E-state index in [1.165, 1.54) is 0 Å². The molecule has 4 rings (SSSR count). The van der Waals surface area contributed by atoms with Crippen LogP contribution in [0.4, 0.5) is 0 Å². The van der Waals surface area contributed by atoms with Crippen molar-refractivity contribution >= 4 is 22.4 Å². The van der Waals surface area contributed by atoms with Crippen LogP contribution >= 0.6 is 0 Å². The summed E-state index contributed by atoms with van der Waals surface area (Å²) in [5, 5.41) is 3.65. The quantitative estimate of drug-likeness (QED) is 0.902. The van der Waals surface area contributed by atoms with E-state index in [0.717, 1.165) is 22.5 Å². The minimum Gasteiger partial charge on any atom is -0.303 e. The Morgan fingerprint density at radius 2 is 1.92 bits per heavy atom. The molecule has 1 heterocycles. The SMILES string of the molecule is CC1=CC(=O)C[C@@H]2[C@H]3C(=O)CC[C@H]3N[C@]12C[S@@](=O)c1ccc(C)cc1. The number of rotatable bonds is 3. The van der Waals surface area contributed by atoms with Crippen LogP contribution in [0.3, 0.4) is 0 Å². The van der Waals surface area contributed by atoms with Gasteiger partial charge in [0.15, 0.2) is 5.78 Å². The van der Waals surface area contributed by atoms with E-state index in [0.29, 0.717) is 18.6 Å². The van der Waals surface area contributed by atoms with E-state index in [2.05, 4.69) is 5.32 Å². The zero-order valence-electron chi connectivity index (χ0n) is 14.6. The topological polar surface area (TPSA) is 63.2 Å². The summed E-state index contributed by atoms with van der Waals surface area (Å²) < 4.78 is 13.1. The van der Waals surface area contributed by atoms with E-state index in [1.54, 1.807) is 6.08 Å². The molecule has 1 saturated heterocycles. The van der Waals surface area contributed by atoms with Gasteiger partial charge in [-0.05, 0) is 44.1 Å². The fourth-order valence-corrected chi connectivity index (χ4v) is 6.42. The molecule has 0 bridgehead atoms. The molecule has 0 unspecified atom stereocenters. The van der Waals surface area contributed by atoms with Gasteiger partial charge in [0, 0.05) is 35.6 Å². The van der Waals surface area contributed by atoms with E-state index < -0.39 is 16.3 Å². The van der Waals surface area contributed by atoms with Gasteiger partial charge < -0.3 is 5.32 Å². The number of carbonyl (C=O) groups excluding carboxylic acids is 2. The van der Waals surface area contributed by atoms with Crippen LogP contribution in [-0.2, 0) is 20.4 Å². The van der Waals surface area contributed by atoms with Crippen molar-refractivity contribution in [2.24, 2.45) is 11.8 Å². The molecule has 1 aromatic rings. The summed E-state index contributed by atoms with van der Waals surface area (Å²) in [6.45, 7) is 3.95. The molecule has 5 heteroatoms. The molecule has 3 aliphatic rings. The van der Waals surface area contributed by atoms with Gasteiger partial charge in [0.05, 0.1) is 22.1 Å². The number of hydrogen-bond acceptors (Lipinski definition) is 4. The highest BCUT2D eigenvalue weighted by molar-refractivity contribution is 7.85. The predicted molar refractivity (Wildman–Crippen MR) is 96.7 cm³/mol. The Morgan fingerprint density at radius 1 is 1.20 bits per heavy atom. The van der Waals surface area contributed by atoms with Crippen molar-refractivity contribution in [2.45, 2.75) is 49.6 Å². The zero-order chi connectivity index (χ0) is 17.8. The van der Waals surface area contributed by atoms with Gasteiger partial charge in [-0.2, -0.15) is 0 Å². The molecule has 1 N–H and O–H groups in total. The van der Waals surface area contributed by atoms with Crippen molar-refractivity contribution in [3.8, 4) is 0 Å². The highest BCUT2D eigenvalue weighted by Gasteiger charge is 2.60. The van der Waals surface area contributed by atoms with Crippen LogP contribution in [0.5, 0.6) is 0 Å². The molecule has 0 amide bonds. The standard InChI is InChI=1S/C20H23NO3S/c1-12-3-5-15(6-4-12)25(24)11-20-13(2)9-14(22)10-16(20)19-17(21-20)7-8-18(19)23/h3-6,9,16-17,19,21H,7-8,10-11H2,1-2H3/t16-,17-,19-,20-,25-/m1/s1. The summed E-state index contributed by atoms with van der Waals surface area (Å²) in [6, 6.07) is 7.86. The number of fused-ring (bicyclic) bond motifs is 3. The summed E-state index contributed by atoms with van der Waals surface area (Å²) >= 11 is 0. The van der Waals surface area contributed by atoms with Gasteiger partial charge in [0.25, 0.3) is 0 Å². The molecule has 4 nitrogen and oxygen atoms in total. The van der Waals surface area contributed by atoms with Gasteiger partial charge >= 0.3 is 0 Å². The number of Topliss-reactive ketones (excluding diaryl/α,β-unsaturated/α-hetero) is 1. The maximum absolute atomic E-state index is 13.1. The molecule has 25 heavy (non-hydrogen) atoms. The highest BCUT2D eigenvalue weighted by Crippen LogP contribution is 2.49. The molecular formula is C20H23NO3S. The Bertz CT molecular complexity index is 798. The molecule has 1 aromatic carbocycles. The van der Waals surface area contributed by atoms with Crippen LogP contribution in [0, 0.1) is 18.8 Å². The van der Waals surface area contributed by atoms with Crippen LogP contribution in [0.25, 0.3) is 0 Å². The second-order valence-corrected chi connectivity index (χ2v) is 9.11. The van der Waals surface area contributed by atoms with Gasteiger partial charge in [-0.15, -0.1) is 0 Å². The maximum Gasteiger partial charge on any atom is 0.156 e. The van der Waals surface area contributed by atoms with Crippen molar-refractivity contribution in [1.29, 1.82) is 0 Å². The van der Waals surface area contributed by atoms with Crippen LogP contribution in [-0.4, -0.2) is 33.1 Å². The van der Waals surface area contributed by atoms with Gasteiger partial charge in [-0.1, -0.05) is 17.7 Å². The van der Waals surface area contributed by atoms with Crippen LogP contribution < -0.4 is 5.32 Å². The van der Waals surface area contributed by atoms with Crippen molar-refractivity contribution < 1.29 is 13.8 Å². The van der Waals surface area contributed by atoms with E-state index in [9.17, 15) is 13.8 Å². The molecule has 1 saturated carbocycles. The molecule has 0 spiro atoms. The number of carbonyl (C=O) groups is 2. The number of hydrogen-bond donors (Lipinski definition) is 1. The minimum atomic E-state index is -1.19. The first-order chi connectivity index (χ1) is 11.9. The average molecular weight is 357 g/mol. The number of ketones is 2. The maximum atomic E-state index is 13.1. The molecule has 0 aromatic heterocycles. The van der Waals surface area contributed by atoms with Crippen molar-refractivity contribution in [3.05, 3.63) is 41.5 Å². The van der Waals surface area contributed by atoms with Crippen LogP contribution in [0.2, 0.25) is 0 Å². The summed E-state index contributed by atoms with van der Waals surface area (Å²) in [5.74, 6) is 0.577. The molecule has 132 valence electrons. The fourth-order valence-electron chi connectivity index (χ4n) is 4.88. The average Bonchev–Trinajstić information content (AvgIpc) is 3.07.